The lowest BCUT2D eigenvalue weighted by atomic mass is 10.0. The fourth-order valence-corrected chi connectivity index (χ4v) is 4.84. The Morgan fingerprint density at radius 3 is 2.75 bits per heavy atom. The molecule has 4 N–H and O–H groups in total. The minimum absolute atomic E-state index is 0.0254. The molecule has 2 amide bonds. The number of aromatic nitrogens is 4. The lowest BCUT2D eigenvalue weighted by Crippen LogP contribution is -2.26. The highest BCUT2D eigenvalue weighted by atomic mass is 19.1. The predicted octanol–water partition coefficient (Wildman–Crippen LogP) is 4.38. The molecule has 0 bridgehead atoms. The van der Waals surface area contributed by atoms with Crippen LogP contribution in [0.5, 0.6) is 0 Å². The molecular weight excluding hydrogens is 463 g/mol. The number of benzene rings is 1. The van der Waals surface area contributed by atoms with Gasteiger partial charge >= 0.3 is 6.03 Å². The van der Waals surface area contributed by atoms with E-state index < -0.39 is 11.8 Å². The number of nitrogens with two attached hydrogens (primary N) is 1. The number of nitrogens with zero attached hydrogens (tertiary/aromatic N) is 5. The number of urea groups is 1. The van der Waals surface area contributed by atoms with Crippen molar-refractivity contribution >= 4 is 34.5 Å². The van der Waals surface area contributed by atoms with Gasteiger partial charge in [-0.15, -0.1) is 0 Å². The maximum atomic E-state index is 15.1. The Hall–Kier alpha value is -3.99. The molecule has 11 heteroatoms. The molecule has 1 aromatic carbocycles. The summed E-state index contributed by atoms with van der Waals surface area (Å²) >= 11 is 0. The van der Waals surface area contributed by atoms with Crippen LogP contribution >= 0.6 is 0 Å². The number of amides is 2. The van der Waals surface area contributed by atoms with E-state index in [0.717, 1.165) is 49.1 Å². The molecule has 4 aromatic rings. The number of rotatable bonds is 7. The molecule has 36 heavy (non-hydrogen) atoms. The van der Waals surface area contributed by atoms with Gasteiger partial charge in [-0.25, -0.2) is 19.2 Å². The predicted molar refractivity (Wildman–Crippen MR) is 134 cm³/mol. The summed E-state index contributed by atoms with van der Waals surface area (Å²) < 4.78 is 22.4. The van der Waals surface area contributed by atoms with E-state index in [1.54, 1.807) is 12.1 Å². The van der Waals surface area contributed by atoms with Gasteiger partial charge in [0, 0.05) is 35.8 Å². The van der Waals surface area contributed by atoms with Crippen molar-refractivity contribution in [3.63, 3.8) is 0 Å². The summed E-state index contributed by atoms with van der Waals surface area (Å²) in [5.41, 5.74) is 9.10. The molecule has 10 nitrogen and oxygen atoms in total. The highest BCUT2D eigenvalue weighted by Crippen LogP contribution is 2.48. The molecule has 2 aliphatic carbocycles. The third-order valence-corrected chi connectivity index (χ3v) is 6.87. The summed E-state index contributed by atoms with van der Waals surface area (Å²) in [5.74, 6) is -0.0131. The average Bonchev–Trinajstić information content (AvgIpc) is 3.74. The fraction of sp³-hybridized carbons (Fsp3) is 0.360. The van der Waals surface area contributed by atoms with Gasteiger partial charge in [0.25, 0.3) is 0 Å². The van der Waals surface area contributed by atoms with Crippen LogP contribution in [0.4, 0.5) is 26.6 Å². The average molecular weight is 491 g/mol. The molecule has 0 atom stereocenters. The van der Waals surface area contributed by atoms with E-state index in [-0.39, 0.29) is 17.0 Å². The number of carbonyl (C=O) groups excluding carboxylic acids is 1. The summed E-state index contributed by atoms with van der Waals surface area (Å²) in [7, 11) is 4.03. The molecule has 3 aromatic heterocycles. The fourth-order valence-electron chi connectivity index (χ4n) is 4.84. The van der Waals surface area contributed by atoms with Gasteiger partial charge in [-0.3, -0.25) is 5.32 Å². The molecule has 0 unspecified atom stereocenters. The summed E-state index contributed by atoms with van der Waals surface area (Å²) in [6.07, 6.45) is 7.59. The number of likely N-dealkylation sites (N-methyl/N-ethyl adjacent to an activating group) is 1. The standard InChI is InChI=1S/C25H27FN8O2/c1-33(2)12-25(7-8-25)19-10-20(36-32-19)31-24(35)30-18-6-3-14(9-17(18)26)16-11-34(15-4-5-15)23-21(16)22(27)28-13-29-23/h3,6,9-11,13,15H,4-5,7-8,12H2,1-2H3,(H2,27,28,29)(H2,30,31,35). The Bertz CT molecular complexity index is 1470. The Balaban J connectivity index is 1.19. The highest BCUT2D eigenvalue weighted by Gasteiger charge is 2.47. The summed E-state index contributed by atoms with van der Waals surface area (Å²) in [4.78, 5) is 23.2. The van der Waals surface area contributed by atoms with E-state index in [1.807, 2.05) is 20.3 Å². The molecule has 0 spiro atoms. The second kappa shape index (κ2) is 8.30. The molecule has 0 saturated heterocycles. The first-order chi connectivity index (χ1) is 17.3. The van der Waals surface area contributed by atoms with Crippen LogP contribution < -0.4 is 16.4 Å². The zero-order chi connectivity index (χ0) is 25.0. The van der Waals surface area contributed by atoms with Gasteiger partial charge in [0.1, 0.15) is 23.6 Å². The number of fused-ring (bicyclic) bond motifs is 1. The Morgan fingerprint density at radius 2 is 2.06 bits per heavy atom. The topological polar surface area (TPSA) is 127 Å². The number of nitrogen functional groups attached to an aromatic ring is 1. The zero-order valence-electron chi connectivity index (χ0n) is 20.1. The van der Waals surface area contributed by atoms with Crippen molar-refractivity contribution in [1.29, 1.82) is 0 Å². The lowest BCUT2D eigenvalue weighted by Gasteiger charge is -2.17. The van der Waals surface area contributed by atoms with Crippen LogP contribution in [0.15, 0.2) is 41.3 Å². The maximum Gasteiger partial charge on any atom is 0.326 e. The van der Waals surface area contributed by atoms with Gasteiger partial charge in [-0.1, -0.05) is 11.2 Å². The molecule has 2 saturated carbocycles. The Labute approximate surface area is 206 Å². The molecule has 3 heterocycles. The minimum atomic E-state index is -0.621. The zero-order valence-corrected chi connectivity index (χ0v) is 20.1. The van der Waals surface area contributed by atoms with Gasteiger partial charge in [-0.05, 0) is 57.5 Å². The summed E-state index contributed by atoms with van der Waals surface area (Å²) in [6.45, 7) is 0.861. The van der Waals surface area contributed by atoms with Crippen LogP contribution in [0.25, 0.3) is 22.2 Å². The molecular formula is C25H27FN8O2. The van der Waals surface area contributed by atoms with Crippen LogP contribution in [0, 0.1) is 5.82 Å². The molecule has 0 aliphatic heterocycles. The minimum Gasteiger partial charge on any atom is -0.383 e. The first kappa shape index (κ1) is 22.5. The van der Waals surface area contributed by atoms with Crippen LogP contribution in [0.3, 0.4) is 0 Å². The van der Waals surface area contributed by atoms with E-state index in [9.17, 15) is 4.79 Å². The van der Waals surface area contributed by atoms with Crippen molar-refractivity contribution in [3.05, 3.63) is 48.3 Å². The monoisotopic (exact) mass is 490 g/mol. The Morgan fingerprint density at radius 1 is 1.25 bits per heavy atom. The molecule has 2 fully saturated rings. The van der Waals surface area contributed by atoms with Crippen LogP contribution in [0.1, 0.15) is 37.4 Å². The number of halogens is 1. The third-order valence-electron chi connectivity index (χ3n) is 6.87. The van der Waals surface area contributed by atoms with Crippen molar-refractivity contribution < 1.29 is 13.7 Å². The van der Waals surface area contributed by atoms with Crippen molar-refractivity contribution in [1.82, 2.24) is 24.6 Å². The van der Waals surface area contributed by atoms with Crippen LogP contribution in [-0.2, 0) is 5.41 Å². The molecule has 6 rings (SSSR count). The lowest BCUT2D eigenvalue weighted by molar-refractivity contribution is 0.261. The van der Waals surface area contributed by atoms with Gasteiger partial charge in [0.2, 0.25) is 5.88 Å². The summed E-state index contributed by atoms with van der Waals surface area (Å²) in [5, 5.41) is 9.97. The number of carbonyl (C=O) groups is 1. The Kier molecular flexibility index (Phi) is 5.18. The van der Waals surface area contributed by atoms with Gasteiger partial charge in [0.15, 0.2) is 0 Å². The highest BCUT2D eigenvalue weighted by molar-refractivity contribution is 6.02. The number of hydrogen-bond acceptors (Lipinski definition) is 7. The maximum absolute atomic E-state index is 15.1. The third kappa shape index (κ3) is 4.05. The largest absolute Gasteiger partial charge is 0.383 e. The van der Waals surface area contributed by atoms with Gasteiger partial charge < -0.3 is 25.0 Å². The van der Waals surface area contributed by atoms with E-state index in [0.29, 0.717) is 22.8 Å². The van der Waals surface area contributed by atoms with Crippen molar-refractivity contribution in [2.75, 3.05) is 37.0 Å². The van der Waals surface area contributed by atoms with E-state index in [1.165, 1.54) is 18.5 Å². The van der Waals surface area contributed by atoms with Crippen molar-refractivity contribution in [3.8, 4) is 11.1 Å². The van der Waals surface area contributed by atoms with Crippen molar-refractivity contribution in [2.24, 2.45) is 0 Å². The van der Waals surface area contributed by atoms with Gasteiger partial charge in [-0.2, -0.15) is 0 Å². The second-order valence-electron chi connectivity index (χ2n) is 10.0. The molecule has 186 valence electrons. The van der Waals surface area contributed by atoms with Crippen molar-refractivity contribution in [2.45, 2.75) is 37.1 Å². The molecule has 2 aliphatic rings. The van der Waals surface area contributed by atoms with E-state index in [2.05, 4.69) is 35.2 Å². The molecule has 0 radical (unpaired) electrons. The van der Waals surface area contributed by atoms with Crippen LogP contribution in [-0.4, -0.2) is 51.3 Å². The smallest absolute Gasteiger partial charge is 0.326 e. The number of hydrogen-bond donors (Lipinski definition) is 3. The first-order valence-corrected chi connectivity index (χ1v) is 11.9. The SMILES string of the molecule is CN(C)CC1(c2cc(NC(=O)Nc3ccc(-c4cn(C5CC5)c5ncnc(N)c45)cc3F)on2)CC1. The summed E-state index contributed by atoms with van der Waals surface area (Å²) in [6, 6.07) is 6.12. The van der Waals surface area contributed by atoms with E-state index in [4.69, 9.17) is 10.3 Å². The quantitative estimate of drug-likeness (QED) is 0.351. The second-order valence-corrected chi connectivity index (χ2v) is 10.0. The normalized spacial score (nSPS) is 16.4. The first-order valence-electron chi connectivity index (χ1n) is 11.9. The number of nitrogens with one attached hydrogen (secondary N) is 2. The number of anilines is 3. The van der Waals surface area contributed by atoms with E-state index >= 15 is 4.39 Å². The van der Waals surface area contributed by atoms with Crippen LogP contribution in [0.2, 0.25) is 0 Å². The van der Waals surface area contributed by atoms with Gasteiger partial charge in [0.05, 0.1) is 16.8 Å².